The molecule has 0 fully saturated rings. The van der Waals surface area contributed by atoms with Crippen molar-refractivity contribution in [3.05, 3.63) is 59.7 Å². The molecule has 0 radical (unpaired) electrons. The molecule has 0 heterocycles. The molecule has 0 spiro atoms. The Balaban J connectivity index is 3.11. The summed E-state index contributed by atoms with van der Waals surface area (Å²) in [6.45, 7) is 7.50. The summed E-state index contributed by atoms with van der Waals surface area (Å²) in [6, 6.07) is 7.81. The minimum absolute atomic E-state index is 0.266. The molecule has 5 N–H and O–H groups in total. The first-order valence-electron chi connectivity index (χ1n) is 11.4. The maximum absolute atomic E-state index is 12.6. The Kier molecular flexibility index (Phi) is 13.3. The van der Waals surface area contributed by atoms with E-state index in [0.29, 0.717) is 25.1 Å². The number of aliphatic hydroxyl groups is 3. The van der Waals surface area contributed by atoms with Gasteiger partial charge in [0.05, 0.1) is 18.7 Å². The summed E-state index contributed by atoms with van der Waals surface area (Å²) in [5.74, 6) is -0.714. The second kappa shape index (κ2) is 15.3. The van der Waals surface area contributed by atoms with Gasteiger partial charge in [-0.05, 0) is 39.2 Å². The number of hydrogen-bond acceptors (Lipinski definition) is 6. The molecule has 184 valence electrons. The number of carbonyl (C=O) groups excluding carboxylic acids is 2. The zero-order valence-corrected chi connectivity index (χ0v) is 20.1. The maximum atomic E-state index is 12.6. The summed E-state index contributed by atoms with van der Waals surface area (Å²) in [6.07, 6.45) is 3.20. The Bertz CT molecular complexity index is 782. The second-order valence-corrected chi connectivity index (χ2v) is 7.97. The molecule has 0 bridgehead atoms. The van der Waals surface area contributed by atoms with Crippen LogP contribution in [0.5, 0.6) is 0 Å². The predicted octanol–water partition coefficient (Wildman–Crippen LogP) is 1.12. The highest BCUT2D eigenvalue weighted by Gasteiger charge is 2.35. The molecule has 4 atom stereocenters. The average molecular weight is 462 g/mol. The van der Waals surface area contributed by atoms with Crippen molar-refractivity contribution in [2.45, 2.75) is 65.0 Å². The summed E-state index contributed by atoms with van der Waals surface area (Å²) >= 11 is 0. The van der Waals surface area contributed by atoms with Crippen LogP contribution >= 0.6 is 0 Å². The summed E-state index contributed by atoms with van der Waals surface area (Å²) in [5.41, 5.74) is 1.18. The Labute approximate surface area is 197 Å². The summed E-state index contributed by atoms with van der Waals surface area (Å²) < 4.78 is 0. The molecule has 0 aromatic heterocycles. The fourth-order valence-electron chi connectivity index (χ4n) is 3.43. The van der Waals surface area contributed by atoms with Crippen LogP contribution in [0.25, 0.3) is 0 Å². The number of nitrogens with zero attached hydrogens (tertiary/aromatic N) is 1. The molecular weight excluding hydrogens is 422 g/mol. The van der Waals surface area contributed by atoms with Crippen LogP contribution < -0.4 is 10.6 Å². The van der Waals surface area contributed by atoms with Gasteiger partial charge in [-0.15, -0.1) is 0 Å². The van der Waals surface area contributed by atoms with E-state index in [9.17, 15) is 19.8 Å². The smallest absolute Gasteiger partial charge is 0.246 e. The van der Waals surface area contributed by atoms with Gasteiger partial charge in [-0.25, -0.2) is 0 Å². The Morgan fingerprint density at radius 3 is 2.42 bits per heavy atom. The number of nitrogens with one attached hydrogen (secondary N) is 2. The summed E-state index contributed by atoms with van der Waals surface area (Å²) in [7, 11) is 0. The van der Waals surface area contributed by atoms with E-state index in [2.05, 4.69) is 10.6 Å². The average Bonchev–Trinajstić information content (AvgIpc) is 2.81. The lowest BCUT2D eigenvalue weighted by molar-refractivity contribution is -0.142. The third-order valence-corrected chi connectivity index (χ3v) is 5.42. The summed E-state index contributed by atoms with van der Waals surface area (Å²) in [4.78, 5) is 26.7. The molecule has 1 aromatic carbocycles. The molecule has 33 heavy (non-hydrogen) atoms. The Hall–Kier alpha value is -2.52. The van der Waals surface area contributed by atoms with Crippen LogP contribution in [0.1, 0.15) is 39.7 Å². The van der Waals surface area contributed by atoms with Crippen molar-refractivity contribution in [1.29, 1.82) is 0 Å². The lowest BCUT2D eigenvalue weighted by atomic mass is 9.98. The molecule has 0 aliphatic carbocycles. The first-order valence-corrected chi connectivity index (χ1v) is 11.4. The third kappa shape index (κ3) is 9.47. The molecule has 0 saturated carbocycles. The van der Waals surface area contributed by atoms with Crippen molar-refractivity contribution in [2.24, 2.45) is 0 Å². The van der Waals surface area contributed by atoms with E-state index in [0.717, 1.165) is 5.56 Å². The van der Waals surface area contributed by atoms with E-state index >= 15 is 0 Å². The van der Waals surface area contributed by atoms with Gasteiger partial charge in [0.2, 0.25) is 11.8 Å². The first kappa shape index (κ1) is 28.5. The van der Waals surface area contributed by atoms with Gasteiger partial charge in [0.1, 0.15) is 12.3 Å². The standard InChI is InChI=1S/C25H39N3O5/c1-5-7-14-26-24(32)19(4)28(15-6-2)25(33)22(30)21(17-20-11-9-8-10-12-20)27-23(31)18(3)13-16-29/h5,7-13,19,21-22,25,29-30,33H,6,14-17H2,1-4H3,(H,26,32)(H,27,31)/b7-5+,18-13+/t19?,21-,22?,25?/m0/s1. The fraction of sp³-hybridized carbons (Fsp3) is 0.520. The lowest BCUT2D eigenvalue weighted by Crippen LogP contribution is -2.59. The normalized spacial score (nSPS) is 15.8. The molecule has 3 unspecified atom stereocenters. The molecule has 8 nitrogen and oxygen atoms in total. The second-order valence-electron chi connectivity index (χ2n) is 7.97. The molecule has 2 amide bonds. The van der Waals surface area contributed by atoms with Gasteiger partial charge < -0.3 is 26.0 Å². The minimum atomic E-state index is -1.39. The van der Waals surface area contributed by atoms with E-state index in [4.69, 9.17) is 5.11 Å². The van der Waals surface area contributed by atoms with E-state index in [1.165, 1.54) is 11.0 Å². The predicted molar refractivity (Wildman–Crippen MR) is 129 cm³/mol. The number of rotatable bonds is 14. The molecule has 1 aromatic rings. The molecule has 0 aliphatic rings. The number of aliphatic hydroxyl groups excluding tert-OH is 3. The van der Waals surface area contributed by atoms with Crippen LogP contribution in [0.15, 0.2) is 54.1 Å². The minimum Gasteiger partial charge on any atom is -0.392 e. The highest BCUT2D eigenvalue weighted by atomic mass is 16.3. The van der Waals surface area contributed by atoms with E-state index in [1.54, 1.807) is 13.8 Å². The van der Waals surface area contributed by atoms with Crippen LogP contribution in [0, 0.1) is 0 Å². The van der Waals surface area contributed by atoms with E-state index < -0.39 is 30.3 Å². The van der Waals surface area contributed by atoms with Crippen LogP contribution in [0.3, 0.4) is 0 Å². The van der Waals surface area contributed by atoms with Gasteiger partial charge in [-0.3, -0.25) is 14.5 Å². The Morgan fingerprint density at radius 1 is 1.18 bits per heavy atom. The van der Waals surface area contributed by atoms with Gasteiger partial charge in [-0.2, -0.15) is 0 Å². The molecular formula is C25H39N3O5. The molecule has 0 aliphatic heterocycles. The largest absolute Gasteiger partial charge is 0.392 e. The molecule has 8 heteroatoms. The zero-order chi connectivity index (χ0) is 24.8. The van der Waals surface area contributed by atoms with Crippen molar-refractivity contribution < 1.29 is 24.9 Å². The topological polar surface area (TPSA) is 122 Å². The van der Waals surface area contributed by atoms with Gasteiger partial charge in [0.15, 0.2) is 0 Å². The van der Waals surface area contributed by atoms with Gasteiger partial charge in [0.25, 0.3) is 0 Å². The van der Waals surface area contributed by atoms with Crippen molar-refractivity contribution in [1.82, 2.24) is 15.5 Å². The van der Waals surface area contributed by atoms with Crippen molar-refractivity contribution in [3.63, 3.8) is 0 Å². The van der Waals surface area contributed by atoms with Crippen molar-refractivity contribution in [2.75, 3.05) is 19.7 Å². The number of amides is 2. The molecule has 0 saturated heterocycles. The van der Waals surface area contributed by atoms with Crippen molar-refractivity contribution >= 4 is 11.8 Å². The number of carbonyl (C=O) groups is 2. The van der Waals surface area contributed by atoms with Crippen LogP contribution in [0.2, 0.25) is 0 Å². The highest BCUT2D eigenvalue weighted by Crippen LogP contribution is 2.15. The van der Waals surface area contributed by atoms with Gasteiger partial charge in [-0.1, -0.05) is 55.5 Å². The lowest BCUT2D eigenvalue weighted by Gasteiger charge is -2.37. The third-order valence-electron chi connectivity index (χ3n) is 5.42. The zero-order valence-electron chi connectivity index (χ0n) is 20.1. The number of hydrogen-bond donors (Lipinski definition) is 5. The van der Waals surface area contributed by atoms with Crippen LogP contribution in [0.4, 0.5) is 0 Å². The first-order chi connectivity index (χ1) is 15.8. The maximum Gasteiger partial charge on any atom is 0.246 e. The van der Waals surface area contributed by atoms with Crippen LogP contribution in [-0.4, -0.2) is 76.1 Å². The van der Waals surface area contributed by atoms with E-state index in [1.807, 2.05) is 56.3 Å². The van der Waals surface area contributed by atoms with E-state index in [-0.39, 0.29) is 18.9 Å². The van der Waals surface area contributed by atoms with Gasteiger partial charge >= 0.3 is 0 Å². The highest BCUT2D eigenvalue weighted by molar-refractivity contribution is 5.93. The SMILES string of the molecule is C/C=C/CNC(=O)C(C)N(CCC)C(O)C(O)[C@H](Cc1ccccc1)NC(=O)/C(C)=C/CO. The monoisotopic (exact) mass is 461 g/mol. The van der Waals surface area contributed by atoms with Crippen molar-refractivity contribution in [3.8, 4) is 0 Å². The van der Waals surface area contributed by atoms with Crippen LogP contribution in [-0.2, 0) is 16.0 Å². The fourth-order valence-corrected chi connectivity index (χ4v) is 3.43. The van der Waals surface area contributed by atoms with Gasteiger partial charge in [0, 0.05) is 18.7 Å². The Morgan fingerprint density at radius 2 is 1.85 bits per heavy atom. The number of benzene rings is 1. The number of allylic oxidation sites excluding steroid dienone is 1. The molecule has 1 rings (SSSR count). The quantitative estimate of drug-likeness (QED) is 0.161. The summed E-state index contributed by atoms with van der Waals surface area (Å²) in [5, 5.41) is 36.8.